The maximum Gasteiger partial charge on any atom is 0.227 e. The molecule has 25 heavy (non-hydrogen) atoms. The van der Waals surface area contributed by atoms with Crippen LogP contribution in [-0.4, -0.2) is 52.7 Å². The molecule has 0 aromatic carbocycles. The number of rotatable bonds is 6. The van der Waals surface area contributed by atoms with Crippen molar-refractivity contribution in [2.75, 3.05) is 26.8 Å². The van der Waals surface area contributed by atoms with Crippen LogP contribution in [-0.2, 0) is 21.4 Å². The summed E-state index contributed by atoms with van der Waals surface area (Å²) < 4.78 is 10.5. The molecule has 0 bridgehead atoms. The van der Waals surface area contributed by atoms with Gasteiger partial charge in [0.25, 0.3) is 0 Å². The number of likely N-dealkylation sites (tertiary alicyclic amines) is 1. The summed E-state index contributed by atoms with van der Waals surface area (Å²) in [5.74, 6) is 1.33. The van der Waals surface area contributed by atoms with Crippen LogP contribution in [0.4, 0.5) is 0 Å². The Morgan fingerprint density at radius 1 is 1.48 bits per heavy atom. The van der Waals surface area contributed by atoms with E-state index < -0.39 is 0 Å². The Morgan fingerprint density at radius 3 is 3.04 bits per heavy atom. The number of amides is 1. The van der Waals surface area contributed by atoms with Gasteiger partial charge in [0, 0.05) is 46.1 Å². The predicted octanol–water partition coefficient (Wildman–Crippen LogP) is 1.91. The van der Waals surface area contributed by atoms with Crippen LogP contribution < -0.4 is 0 Å². The van der Waals surface area contributed by atoms with Gasteiger partial charge in [-0.2, -0.15) is 4.98 Å². The van der Waals surface area contributed by atoms with Crippen LogP contribution in [0.15, 0.2) is 29.0 Å². The van der Waals surface area contributed by atoms with Crippen molar-refractivity contribution >= 4 is 5.91 Å². The van der Waals surface area contributed by atoms with Crippen LogP contribution in [0.1, 0.15) is 36.5 Å². The van der Waals surface area contributed by atoms with Gasteiger partial charge in [0.05, 0.1) is 11.8 Å². The Kier molecular flexibility index (Phi) is 5.43. The number of piperidine rings is 1. The Balaban J connectivity index is 1.77. The standard InChI is InChI=1S/C18H24N4O3/c1-14-20-17(21-25-14)18(7-10-24-2)6-4-9-22(13-18)16(23)11-15-5-3-8-19-12-15/h3,5,8,12H,4,6-7,9-11,13H2,1-2H3. The third kappa shape index (κ3) is 4.04. The van der Waals surface area contributed by atoms with E-state index in [1.807, 2.05) is 17.0 Å². The van der Waals surface area contributed by atoms with E-state index in [4.69, 9.17) is 9.26 Å². The van der Waals surface area contributed by atoms with Crippen molar-refractivity contribution in [1.82, 2.24) is 20.0 Å². The quantitative estimate of drug-likeness (QED) is 0.796. The zero-order chi connectivity index (χ0) is 17.7. The maximum absolute atomic E-state index is 12.8. The number of aryl methyl sites for hydroxylation is 1. The van der Waals surface area contributed by atoms with Crippen molar-refractivity contribution in [3.8, 4) is 0 Å². The summed E-state index contributed by atoms with van der Waals surface area (Å²) in [6.07, 6.45) is 6.41. The molecule has 1 amide bonds. The van der Waals surface area contributed by atoms with Gasteiger partial charge in [0.1, 0.15) is 0 Å². The fourth-order valence-electron chi connectivity index (χ4n) is 3.44. The zero-order valence-electron chi connectivity index (χ0n) is 14.8. The minimum atomic E-state index is -0.309. The van der Waals surface area contributed by atoms with Gasteiger partial charge in [-0.25, -0.2) is 0 Å². The highest BCUT2D eigenvalue weighted by atomic mass is 16.5. The number of ether oxygens (including phenoxy) is 1. The van der Waals surface area contributed by atoms with Crippen LogP contribution in [0.3, 0.4) is 0 Å². The minimum Gasteiger partial charge on any atom is -0.385 e. The van der Waals surface area contributed by atoms with Crippen molar-refractivity contribution in [3.05, 3.63) is 41.8 Å². The van der Waals surface area contributed by atoms with Crippen LogP contribution >= 0.6 is 0 Å². The molecule has 1 saturated heterocycles. The van der Waals surface area contributed by atoms with Crippen molar-refractivity contribution in [2.45, 2.75) is 38.0 Å². The molecule has 3 rings (SSSR count). The Bertz CT molecular complexity index is 703. The van der Waals surface area contributed by atoms with Gasteiger partial charge < -0.3 is 14.2 Å². The normalized spacial score (nSPS) is 20.6. The van der Waals surface area contributed by atoms with Crippen molar-refractivity contribution in [3.63, 3.8) is 0 Å². The number of carbonyl (C=O) groups is 1. The molecule has 1 atom stereocenters. The summed E-state index contributed by atoms with van der Waals surface area (Å²) in [6.45, 7) is 3.73. The van der Waals surface area contributed by atoms with E-state index in [9.17, 15) is 4.79 Å². The lowest BCUT2D eigenvalue weighted by Gasteiger charge is -2.41. The molecule has 0 N–H and O–H groups in total. The highest BCUT2D eigenvalue weighted by Crippen LogP contribution is 2.36. The third-order valence-corrected chi connectivity index (χ3v) is 4.79. The number of carbonyl (C=O) groups excluding carboxylic acids is 1. The molecule has 7 nitrogen and oxygen atoms in total. The van der Waals surface area contributed by atoms with Gasteiger partial charge in [0.2, 0.25) is 11.8 Å². The van der Waals surface area contributed by atoms with Gasteiger partial charge in [-0.3, -0.25) is 9.78 Å². The van der Waals surface area contributed by atoms with Crippen molar-refractivity contribution < 1.29 is 14.1 Å². The van der Waals surface area contributed by atoms with E-state index in [2.05, 4.69) is 15.1 Å². The second kappa shape index (κ2) is 7.74. The van der Waals surface area contributed by atoms with E-state index in [1.165, 1.54) is 0 Å². The molecule has 0 spiro atoms. The second-order valence-electron chi connectivity index (χ2n) is 6.62. The average Bonchev–Trinajstić information content (AvgIpc) is 3.08. The van der Waals surface area contributed by atoms with Crippen molar-refractivity contribution in [1.29, 1.82) is 0 Å². The molecule has 1 fully saturated rings. The summed E-state index contributed by atoms with van der Waals surface area (Å²) >= 11 is 0. The van der Waals surface area contributed by atoms with Gasteiger partial charge in [-0.15, -0.1) is 0 Å². The summed E-state index contributed by atoms with van der Waals surface area (Å²) in [5, 5.41) is 4.15. The Hall–Kier alpha value is -2.28. The van der Waals surface area contributed by atoms with Gasteiger partial charge in [0.15, 0.2) is 5.82 Å². The number of pyridine rings is 1. The van der Waals surface area contributed by atoms with E-state index >= 15 is 0 Å². The van der Waals surface area contributed by atoms with Crippen LogP contribution in [0.5, 0.6) is 0 Å². The van der Waals surface area contributed by atoms with Crippen LogP contribution in [0, 0.1) is 6.92 Å². The molecule has 0 radical (unpaired) electrons. The molecule has 0 aliphatic carbocycles. The zero-order valence-corrected chi connectivity index (χ0v) is 14.8. The smallest absolute Gasteiger partial charge is 0.227 e. The summed E-state index contributed by atoms with van der Waals surface area (Å²) in [6, 6.07) is 3.78. The molecule has 2 aromatic rings. The van der Waals surface area contributed by atoms with Gasteiger partial charge >= 0.3 is 0 Å². The molecule has 2 aromatic heterocycles. The van der Waals surface area contributed by atoms with Crippen LogP contribution in [0.25, 0.3) is 0 Å². The second-order valence-corrected chi connectivity index (χ2v) is 6.62. The first-order chi connectivity index (χ1) is 12.1. The summed E-state index contributed by atoms with van der Waals surface area (Å²) in [5.41, 5.74) is 0.618. The average molecular weight is 344 g/mol. The topological polar surface area (TPSA) is 81.4 Å². The molecular formula is C18H24N4O3. The highest BCUT2D eigenvalue weighted by Gasteiger charge is 2.42. The lowest BCUT2D eigenvalue weighted by molar-refractivity contribution is -0.133. The number of methoxy groups -OCH3 is 1. The third-order valence-electron chi connectivity index (χ3n) is 4.79. The number of hydrogen-bond acceptors (Lipinski definition) is 6. The van der Waals surface area contributed by atoms with E-state index in [0.29, 0.717) is 31.3 Å². The fourth-order valence-corrected chi connectivity index (χ4v) is 3.44. The van der Waals surface area contributed by atoms with E-state index in [0.717, 1.165) is 31.4 Å². The van der Waals surface area contributed by atoms with E-state index in [-0.39, 0.29) is 11.3 Å². The molecular weight excluding hydrogens is 320 g/mol. The van der Waals surface area contributed by atoms with Gasteiger partial charge in [-0.1, -0.05) is 11.2 Å². The first kappa shape index (κ1) is 17.5. The fraction of sp³-hybridized carbons (Fsp3) is 0.556. The number of aromatic nitrogens is 3. The van der Waals surface area contributed by atoms with Crippen LogP contribution in [0.2, 0.25) is 0 Å². The predicted molar refractivity (Wildman–Crippen MR) is 91.0 cm³/mol. The van der Waals surface area contributed by atoms with Crippen molar-refractivity contribution in [2.24, 2.45) is 0 Å². The maximum atomic E-state index is 12.8. The Morgan fingerprint density at radius 2 is 2.36 bits per heavy atom. The highest BCUT2D eigenvalue weighted by molar-refractivity contribution is 5.79. The SMILES string of the molecule is COCCC1(c2noc(C)n2)CCCN(C(=O)Cc2cccnc2)C1. The van der Waals surface area contributed by atoms with E-state index in [1.54, 1.807) is 26.4 Å². The molecule has 7 heteroatoms. The summed E-state index contributed by atoms with van der Waals surface area (Å²) in [4.78, 5) is 23.2. The number of nitrogens with zero attached hydrogens (tertiary/aromatic N) is 4. The summed E-state index contributed by atoms with van der Waals surface area (Å²) in [7, 11) is 1.68. The molecule has 0 saturated carbocycles. The lowest BCUT2D eigenvalue weighted by Crippen LogP contribution is -2.50. The molecule has 1 aliphatic rings. The monoisotopic (exact) mass is 344 g/mol. The molecule has 3 heterocycles. The first-order valence-corrected chi connectivity index (χ1v) is 8.59. The largest absolute Gasteiger partial charge is 0.385 e. The number of hydrogen-bond donors (Lipinski definition) is 0. The molecule has 134 valence electrons. The molecule has 1 unspecified atom stereocenters. The minimum absolute atomic E-state index is 0.106. The lowest BCUT2D eigenvalue weighted by atomic mass is 9.76. The molecule has 1 aliphatic heterocycles. The van der Waals surface area contributed by atoms with Gasteiger partial charge in [-0.05, 0) is 30.9 Å². The first-order valence-electron chi connectivity index (χ1n) is 8.59. The Labute approximate surface area is 147 Å².